The van der Waals surface area contributed by atoms with Gasteiger partial charge in [0.15, 0.2) is 0 Å². The van der Waals surface area contributed by atoms with Crippen LogP contribution in [0.25, 0.3) is 0 Å². The number of carbonyl (C=O) groups is 1. The highest BCUT2D eigenvalue weighted by Gasteiger charge is 2.02. The van der Waals surface area contributed by atoms with E-state index in [1.54, 1.807) is 12.6 Å². The molecular formula is C5H7NO3Si. The molecule has 5 heteroatoms. The van der Waals surface area contributed by atoms with Crippen LogP contribution < -0.4 is 0 Å². The van der Waals surface area contributed by atoms with Crippen molar-refractivity contribution < 1.29 is 14.4 Å². The monoisotopic (exact) mass is 157 g/mol. The molecule has 0 aliphatic heterocycles. The molecule has 4 nitrogen and oxygen atoms in total. The zero-order valence-electron chi connectivity index (χ0n) is 5.75. The van der Waals surface area contributed by atoms with E-state index in [-0.39, 0.29) is 0 Å². The second-order valence-corrected chi connectivity index (χ2v) is 2.11. The summed E-state index contributed by atoms with van der Waals surface area (Å²) < 4.78 is 0. The first-order chi connectivity index (χ1) is 4.72. The largest absolute Gasteiger partial charge is 0.361 e. The zero-order chi connectivity index (χ0) is 7.98. The molecule has 0 atom stereocenters. The lowest BCUT2D eigenvalue weighted by atomic mass is 10.4. The summed E-state index contributed by atoms with van der Waals surface area (Å²) in [5.41, 5.74) is 2.16. The number of hydrogen-bond acceptors (Lipinski definition) is 4. The van der Waals surface area contributed by atoms with Crippen LogP contribution in [0.1, 0.15) is 6.92 Å². The molecule has 0 saturated carbocycles. The van der Waals surface area contributed by atoms with Crippen LogP contribution in [-0.2, 0) is 14.4 Å². The van der Waals surface area contributed by atoms with Gasteiger partial charge >= 0.3 is 5.97 Å². The van der Waals surface area contributed by atoms with Crippen molar-refractivity contribution in [2.45, 2.75) is 6.92 Å². The Morgan fingerprint density at radius 2 is 2.40 bits per heavy atom. The molecule has 0 unspecified atom stereocenters. The van der Waals surface area contributed by atoms with Crippen molar-refractivity contribution >= 4 is 22.3 Å². The van der Waals surface area contributed by atoms with Crippen LogP contribution in [0.3, 0.4) is 0 Å². The number of isocyanates is 1. The second kappa shape index (κ2) is 4.66. The van der Waals surface area contributed by atoms with Crippen LogP contribution >= 0.6 is 0 Å². The van der Waals surface area contributed by atoms with Crippen LogP contribution in [0, 0.1) is 0 Å². The molecular weight excluding hydrogens is 150 g/mol. The fourth-order valence-corrected chi connectivity index (χ4v) is 0.486. The van der Waals surface area contributed by atoms with Crippen molar-refractivity contribution in [1.29, 1.82) is 0 Å². The van der Waals surface area contributed by atoms with Crippen molar-refractivity contribution in [1.82, 2.24) is 0 Å². The molecule has 10 heavy (non-hydrogen) atoms. The average molecular weight is 157 g/mol. The van der Waals surface area contributed by atoms with Crippen LogP contribution in [0.2, 0.25) is 0 Å². The van der Waals surface area contributed by atoms with Gasteiger partial charge in [-0.2, -0.15) is 0 Å². The van der Waals surface area contributed by atoms with E-state index < -0.39 is 5.97 Å². The molecule has 0 aromatic carbocycles. The third kappa shape index (κ3) is 2.96. The van der Waals surface area contributed by atoms with E-state index in [0.29, 0.717) is 5.57 Å². The summed E-state index contributed by atoms with van der Waals surface area (Å²) in [6.45, 7) is 1.59. The molecule has 0 aromatic rings. The highest BCUT2D eigenvalue weighted by atomic mass is 28.1. The van der Waals surface area contributed by atoms with E-state index in [1.165, 1.54) is 0 Å². The molecule has 0 bridgehead atoms. The molecule has 0 radical (unpaired) electrons. The first-order valence-electron chi connectivity index (χ1n) is 2.63. The lowest BCUT2D eigenvalue weighted by Gasteiger charge is -1.91. The molecule has 0 spiro atoms. The quantitative estimate of drug-likeness (QED) is 0.130. The standard InChI is InChI=1S/C5H7NO3Si/c1-4(2-10)5(8)9-6-3-7/h2H,1,10H3. The Morgan fingerprint density at radius 1 is 1.80 bits per heavy atom. The Hall–Kier alpha value is -1.19. The molecule has 54 valence electrons. The van der Waals surface area contributed by atoms with E-state index in [2.05, 4.69) is 9.99 Å². The van der Waals surface area contributed by atoms with Crippen LogP contribution in [0.5, 0.6) is 0 Å². The van der Waals surface area contributed by atoms with Gasteiger partial charge in [0.05, 0.1) is 0 Å². The molecule has 0 rings (SSSR count). The third-order valence-electron chi connectivity index (χ3n) is 0.921. The predicted molar refractivity (Wildman–Crippen MR) is 37.9 cm³/mol. The van der Waals surface area contributed by atoms with Crippen molar-refractivity contribution in [2.75, 3.05) is 0 Å². The first-order valence-corrected chi connectivity index (χ1v) is 3.79. The summed E-state index contributed by atoms with van der Waals surface area (Å²) in [6, 6.07) is 0. The minimum atomic E-state index is -0.599. The summed E-state index contributed by atoms with van der Waals surface area (Å²) in [5, 5.41) is 2.66. The van der Waals surface area contributed by atoms with E-state index in [1.807, 2.05) is 0 Å². The summed E-state index contributed by atoms with van der Waals surface area (Å²) >= 11 is 0. The Balaban J connectivity index is 3.98. The van der Waals surface area contributed by atoms with Crippen LogP contribution in [-0.4, -0.2) is 22.3 Å². The summed E-state index contributed by atoms with van der Waals surface area (Å²) in [4.78, 5) is 24.1. The van der Waals surface area contributed by atoms with Gasteiger partial charge in [-0.3, -0.25) is 0 Å². The van der Waals surface area contributed by atoms with Crippen molar-refractivity contribution in [2.24, 2.45) is 5.16 Å². The zero-order valence-corrected chi connectivity index (χ0v) is 7.75. The second-order valence-electron chi connectivity index (χ2n) is 1.53. The summed E-state index contributed by atoms with van der Waals surface area (Å²) in [5.74, 6) is -0.599. The molecule has 0 amide bonds. The average Bonchev–Trinajstić information content (AvgIpc) is 1.98. The highest BCUT2D eigenvalue weighted by molar-refractivity contribution is 6.19. The fourth-order valence-electron chi connectivity index (χ4n) is 0.250. The number of rotatable bonds is 2. The Bertz CT molecular complexity index is 205. The topological polar surface area (TPSA) is 55.7 Å². The van der Waals surface area contributed by atoms with Gasteiger partial charge in [0.25, 0.3) is 6.08 Å². The van der Waals surface area contributed by atoms with Gasteiger partial charge < -0.3 is 4.84 Å². The van der Waals surface area contributed by atoms with Crippen molar-refractivity contribution in [3.8, 4) is 0 Å². The van der Waals surface area contributed by atoms with Crippen molar-refractivity contribution in [3.05, 3.63) is 11.3 Å². The van der Waals surface area contributed by atoms with Gasteiger partial charge in [-0.15, -0.1) is 0 Å². The molecule has 0 aromatic heterocycles. The predicted octanol–water partition coefficient (Wildman–Crippen LogP) is -0.950. The fraction of sp³-hybridized carbons (Fsp3) is 0.200. The molecule has 0 N–H and O–H groups in total. The summed E-state index contributed by atoms with van der Waals surface area (Å²) in [6.07, 6.45) is 1.09. The maximum atomic E-state index is 10.6. The van der Waals surface area contributed by atoms with E-state index in [4.69, 9.17) is 0 Å². The normalized spacial score (nSPS) is 10.3. The Morgan fingerprint density at radius 3 is 2.80 bits per heavy atom. The smallest absolute Gasteiger partial charge is 0.302 e. The van der Waals surface area contributed by atoms with Gasteiger partial charge in [-0.05, 0) is 6.92 Å². The van der Waals surface area contributed by atoms with Gasteiger partial charge in [0.2, 0.25) is 0 Å². The number of hydrogen-bond donors (Lipinski definition) is 0. The minimum absolute atomic E-state index is 0.464. The van der Waals surface area contributed by atoms with Crippen molar-refractivity contribution in [3.63, 3.8) is 0 Å². The molecule has 0 heterocycles. The van der Waals surface area contributed by atoms with Gasteiger partial charge in [-0.1, -0.05) is 5.70 Å². The number of carbonyl (C=O) groups excluding carboxylic acids is 2. The van der Waals surface area contributed by atoms with E-state index in [9.17, 15) is 9.59 Å². The summed E-state index contributed by atoms with van der Waals surface area (Å²) in [7, 11) is 0.776. The lowest BCUT2D eigenvalue weighted by molar-refractivity contribution is -0.138. The maximum Gasteiger partial charge on any atom is 0.361 e. The third-order valence-corrected chi connectivity index (χ3v) is 1.79. The molecule has 0 saturated heterocycles. The maximum absolute atomic E-state index is 10.6. The van der Waals surface area contributed by atoms with E-state index in [0.717, 1.165) is 16.3 Å². The molecule has 0 aliphatic carbocycles. The first kappa shape index (κ1) is 8.81. The lowest BCUT2D eigenvalue weighted by Crippen LogP contribution is -2.00. The van der Waals surface area contributed by atoms with Gasteiger partial charge in [0.1, 0.15) is 0 Å². The Labute approximate surface area is 61.0 Å². The van der Waals surface area contributed by atoms with E-state index >= 15 is 0 Å². The number of nitrogens with zero attached hydrogens (tertiary/aromatic N) is 1. The van der Waals surface area contributed by atoms with Gasteiger partial charge in [0, 0.05) is 21.0 Å². The molecule has 0 aliphatic rings. The Kier molecular flexibility index (Phi) is 4.11. The van der Waals surface area contributed by atoms with Gasteiger partial charge in [-0.25, -0.2) is 9.59 Å². The highest BCUT2D eigenvalue weighted by Crippen LogP contribution is 1.93. The SMILES string of the molecule is CC(=C[SiH3])C(=O)ON=C=O. The minimum Gasteiger partial charge on any atom is -0.302 e. The van der Waals surface area contributed by atoms with Crippen LogP contribution in [0.4, 0.5) is 0 Å². The van der Waals surface area contributed by atoms with Crippen LogP contribution in [0.15, 0.2) is 16.4 Å². The molecule has 0 fully saturated rings.